The molecule has 3 heterocycles. The molecular weight excluding hydrogens is 412 g/mol. The molecule has 3 aliphatic rings. The monoisotopic (exact) mass is 442 g/mol. The largest absolute Gasteiger partial charge is 0.362 e. The third-order valence-electron chi connectivity index (χ3n) is 6.59. The van der Waals surface area contributed by atoms with Gasteiger partial charge in [-0.1, -0.05) is 19.1 Å². The summed E-state index contributed by atoms with van der Waals surface area (Å²) < 4.78 is 25.9. The van der Waals surface area contributed by atoms with Crippen LogP contribution in [-0.2, 0) is 20.0 Å². The molecule has 31 heavy (non-hydrogen) atoms. The fraction of sp³-hybridized carbons (Fsp3) is 0.522. The quantitative estimate of drug-likeness (QED) is 0.742. The van der Waals surface area contributed by atoms with Crippen molar-refractivity contribution in [2.45, 2.75) is 81.6 Å². The van der Waals surface area contributed by atoms with Gasteiger partial charge in [-0.15, -0.1) is 0 Å². The molecule has 1 amide bonds. The SMILES string of the molecule is CCC1(c2cccc(S(=O)(=O)C(C)C)c2)C2=C(CC(C)(C)NC2=O)NC2N=NC(C)=C21. The second-order valence-electron chi connectivity index (χ2n) is 9.51. The van der Waals surface area contributed by atoms with Gasteiger partial charge >= 0.3 is 0 Å². The van der Waals surface area contributed by atoms with Crippen molar-refractivity contribution in [2.75, 3.05) is 0 Å². The van der Waals surface area contributed by atoms with E-state index in [1.54, 1.807) is 32.0 Å². The molecule has 1 aromatic carbocycles. The average Bonchev–Trinajstić information content (AvgIpc) is 3.06. The van der Waals surface area contributed by atoms with E-state index in [1.807, 2.05) is 33.8 Å². The lowest BCUT2D eigenvalue weighted by atomic mass is 9.61. The summed E-state index contributed by atoms with van der Waals surface area (Å²) in [6.07, 6.45) is 0.865. The van der Waals surface area contributed by atoms with Crippen molar-refractivity contribution in [1.29, 1.82) is 0 Å². The zero-order chi connectivity index (χ0) is 22.8. The highest BCUT2D eigenvalue weighted by Crippen LogP contribution is 2.52. The van der Waals surface area contributed by atoms with E-state index < -0.39 is 26.0 Å². The molecule has 0 fully saturated rings. The standard InChI is InChI=1S/C23H30N4O3S/c1-7-23(15-9-8-10-16(11-15)31(29,30)13(2)3)18-14(4)26-27-20(18)24-17-12-22(5,6)25-21(28)19(17)23/h8-11,13,20,24H,7,12H2,1-6H3,(H,25,28). The number of sulfone groups is 1. The summed E-state index contributed by atoms with van der Waals surface area (Å²) in [5.41, 5.74) is 2.77. The average molecular weight is 443 g/mol. The van der Waals surface area contributed by atoms with Gasteiger partial charge in [0.05, 0.1) is 26.8 Å². The Bertz CT molecular complexity index is 1160. The van der Waals surface area contributed by atoms with Crippen LogP contribution in [0.5, 0.6) is 0 Å². The number of benzene rings is 1. The molecule has 4 rings (SSSR count). The fourth-order valence-electron chi connectivity index (χ4n) is 5.13. The number of fused-ring (bicyclic) bond motifs is 1. The predicted molar refractivity (Wildman–Crippen MR) is 119 cm³/mol. The number of nitrogens with zero attached hydrogens (tertiary/aromatic N) is 2. The Morgan fingerprint density at radius 2 is 1.97 bits per heavy atom. The fourth-order valence-corrected chi connectivity index (χ4v) is 6.24. The summed E-state index contributed by atoms with van der Waals surface area (Å²) in [5, 5.41) is 14.8. The molecule has 7 nitrogen and oxygen atoms in total. The van der Waals surface area contributed by atoms with Crippen LogP contribution in [0.15, 0.2) is 61.9 Å². The van der Waals surface area contributed by atoms with Gasteiger partial charge in [0, 0.05) is 23.2 Å². The minimum Gasteiger partial charge on any atom is -0.362 e. The highest BCUT2D eigenvalue weighted by molar-refractivity contribution is 7.92. The molecule has 0 bridgehead atoms. The van der Waals surface area contributed by atoms with Gasteiger partial charge in [-0.3, -0.25) is 4.79 Å². The first-order chi connectivity index (χ1) is 14.4. The van der Waals surface area contributed by atoms with Gasteiger partial charge < -0.3 is 10.6 Å². The van der Waals surface area contributed by atoms with Crippen LogP contribution in [-0.4, -0.2) is 31.3 Å². The maximum atomic E-state index is 13.5. The Labute approximate surface area is 184 Å². The van der Waals surface area contributed by atoms with Crippen LogP contribution in [0.25, 0.3) is 0 Å². The van der Waals surface area contributed by atoms with Crippen molar-refractivity contribution in [3.05, 3.63) is 52.4 Å². The van der Waals surface area contributed by atoms with Crippen LogP contribution in [0.3, 0.4) is 0 Å². The topological polar surface area (TPSA) is 100.0 Å². The van der Waals surface area contributed by atoms with Gasteiger partial charge in [0.25, 0.3) is 5.91 Å². The molecule has 0 aliphatic carbocycles. The molecule has 166 valence electrons. The van der Waals surface area contributed by atoms with Crippen molar-refractivity contribution in [1.82, 2.24) is 10.6 Å². The molecule has 0 saturated heterocycles. The number of hydrogen-bond acceptors (Lipinski definition) is 6. The molecule has 2 N–H and O–H groups in total. The number of rotatable bonds is 4. The van der Waals surface area contributed by atoms with Crippen LogP contribution in [0.4, 0.5) is 0 Å². The third kappa shape index (κ3) is 3.14. The minimum atomic E-state index is -3.47. The van der Waals surface area contributed by atoms with Crippen molar-refractivity contribution in [2.24, 2.45) is 10.2 Å². The summed E-state index contributed by atoms with van der Waals surface area (Å²) >= 11 is 0. The van der Waals surface area contributed by atoms with Gasteiger partial charge in [0.1, 0.15) is 0 Å². The van der Waals surface area contributed by atoms with Crippen molar-refractivity contribution in [3.63, 3.8) is 0 Å². The van der Waals surface area contributed by atoms with E-state index in [2.05, 4.69) is 20.9 Å². The van der Waals surface area contributed by atoms with Crippen molar-refractivity contribution >= 4 is 15.7 Å². The molecule has 2 atom stereocenters. The Kier molecular flexibility index (Phi) is 4.92. The molecule has 0 spiro atoms. The van der Waals surface area contributed by atoms with Crippen LogP contribution in [0.1, 0.15) is 59.9 Å². The van der Waals surface area contributed by atoms with Gasteiger partial charge in [-0.25, -0.2) is 8.42 Å². The minimum absolute atomic E-state index is 0.136. The first-order valence-electron chi connectivity index (χ1n) is 10.7. The second-order valence-corrected chi connectivity index (χ2v) is 12.0. The maximum Gasteiger partial charge on any atom is 0.250 e. The Hall–Kier alpha value is -2.48. The molecular formula is C23H30N4O3S. The van der Waals surface area contributed by atoms with E-state index in [4.69, 9.17) is 0 Å². The number of amides is 1. The Balaban J connectivity index is 2.03. The summed E-state index contributed by atoms with van der Waals surface area (Å²) in [6.45, 7) is 11.3. The normalized spacial score (nSPS) is 27.2. The number of carbonyl (C=O) groups excluding carboxylic acids is 1. The summed E-state index contributed by atoms with van der Waals surface area (Å²) in [7, 11) is -3.47. The number of hydrogen-bond donors (Lipinski definition) is 2. The highest BCUT2D eigenvalue weighted by atomic mass is 32.2. The van der Waals surface area contributed by atoms with E-state index in [-0.39, 0.29) is 17.0 Å². The lowest BCUT2D eigenvalue weighted by Gasteiger charge is -2.48. The third-order valence-corrected chi connectivity index (χ3v) is 8.74. The first-order valence-corrected chi connectivity index (χ1v) is 12.3. The summed E-state index contributed by atoms with van der Waals surface area (Å²) in [5.74, 6) is -0.136. The predicted octanol–water partition coefficient (Wildman–Crippen LogP) is 3.74. The zero-order valence-electron chi connectivity index (χ0n) is 18.9. The molecule has 2 unspecified atom stereocenters. The Morgan fingerprint density at radius 3 is 2.61 bits per heavy atom. The van der Waals surface area contributed by atoms with E-state index in [9.17, 15) is 13.2 Å². The first kappa shape index (κ1) is 21.7. The number of allylic oxidation sites excluding steroid dienone is 1. The molecule has 3 aliphatic heterocycles. The lowest BCUT2D eigenvalue weighted by Crippen LogP contribution is -2.58. The van der Waals surface area contributed by atoms with Gasteiger partial charge in [0.2, 0.25) is 0 Å². The van der Waals surface area contributed by atoms with Gasteiger partial charge in [-0.2, -0.15) is 10.2 Å². The number of nitrogens with one attached hydrogen (secondary N) is 2. The molecule has 0 saturated carbocycles. The molecule has 1 aromatic rings. The van der Waals surface area contributed by atoms with Gasteiger partial charge in [-0.05, 0) is 58.7 Å². The van der Waals surface area contributed by atoms with Crippen molar-refractivity contribution < 1.29 is 13.2 Å². The molecule has 0 aromatic heterocycles. The lowest BCUT2D eigenvalue weighted by molar-refractivity contribution is -0.120. The molecule has 0 radical (unpaired) electrons. The summed E-state index contributed by atoms with van der Waals surface area (Å²) in [6, 6.07) is 7.05. The molecule has 8 heteroatoms. The highest BCUT2D eigenvalue weighted by Gasteiger charge is 2.54. The number of azo groups is 1. The maximum absolute atomic E-state index is 13.5. The van der Waals surface area contributed by atoms with Crippen molar-refractivity contribution in [3.8, 4) is 0 Å². The smallest absolute Gasteiger partial charge is 0.250 e. The summed E-state index contributed by atoms with van der Waals surface area (Å²) in [4.78, 5) is 13.7. The van der Waals surface area contributed by atoms with E-state index in [0.29, 0.717) is 18.4 Å². The Morgan fingerprint density at radius 1 is 1.26 bits per heavy atom. The van der Waals surface area contributed by atoms with Crippen LogP contribution in [0.2, 0.25) is 0 Å². The van der Waals surface area contributed by atoms with Crippen LogP contribution >= 0.6 is 0 Å². The van der Waals surface area contributed by atoms with E-state index >= 15 is 0 Å². The van der Waals surface area contributed by atoms with E-state index in [0.717, 1.165) is 22.5 Å². The van der Waals surface area contributed by atoms with Gasteiger partial charge in [0.15, 0.2) is 16.0 Å². The second kappa shape index (κ2) is 7.02. The zero-order valence-corrected chi connectivity index (χ0v) is 19.7. The number of carbonyl (C=O) groups is 1. The van der Waals surface area contributed by atoms with Crippen LogP contribution < -0.4 is 10.6 Å². The van der Waals surface area contributed by atoms with Crippen LogP contribution in [0, 0.1) is 0 Å². The van der Waals surface area contributed by atoms with E-state index in [1.165, 1.54) is 0 Å².